The lowest BCUT2D eigenvalue weighted by atomic mass is 10.1. The summed E-state index contributed by atoms with van der Waals surface area (Å²) >= 11 is 6.33. The van der Waals surface area contributed by atoms with Crippen LogP contribution in [-0.4, -0.2) is 28.0 Å². The summed E-state index contributed by atoms with van der Waals surface area (Å²) < 4.78 is 43.3. The Morgan fingerprint density at radius 1 is 1.03 bits per heavy atom. The Kier molecular flexibility index (Phi) is 6.77. The number of rotatable bonds is 7. The number of nitrogens with zero attached hydrogens (tertiary/aromatic N) is 4. The van der Waals surface area contributed by atoms with Crippen molar-refractivity contribution in [3.63, 3.8) is 0 Å². The first kappa shape index (κ1) is 21.8. The van der Waals surface area contributed by atoms with E-state index in [4.69, 9.17) is 16.3 Å². The van der Waals surface area contributed by atoms with Crippen LogP contribution in [0.2, 0.25) is 5.02 Å². The zero-order chi connectivity index (χ0) is 21.7. The topological polar surface area (TPSA) is 51.1 Å². The summed E-state index contributed by atoms with van der Waals surface area (Å²) in [4.78, 5) is 14.2. The molecule has 0 fully saturated rings. The van der Waals surface area contributed by atoms with Crippen molar-refractivity contribution >= 4 is 17.4 Å². The molecule has 0 aliphatic carbocycles. The monoisotopic (exact) mass is 436 g/mol. The SMILES string of the molecule is CCN(CCc1ccc(Oc2ccc(C(F)(F)F)cn2)cc1)c1ncnc(C)c1Cl. The normalized spacial score (nSPS) is 11.4. The van der Waals surface area contributed by atoms with E-state index in [0.717, 1.165) is 36.5 Å². The van der Waals surface area contributed by atoms with E-state index in [0.29, 0.717) is 23.1 Å². The van der Waals surface area contributed by atoms with Gasteiger partial charge in [0.2, 0.25) is 5.88 Å². The van der Waals surface area contributed by atoms with Gasteiger partial charge in [0.25, 0.3) is 0 Å². The number of halogens is 4. The molecule has 0 aliphatic rings. The smallest absolute Gasteiger partial charge is 0.417 e. The fourth-order valence-corrected chi connectivity index (χ4v) is 3.01. The minimum absolute atomic E-state index is 0.0988. The van der Waals surface area contributed by atoms with Crippen molar-refractivity contribution in [1.82, 2.24) is 15.0 Å². The Balaban J connectivity index is 1.61. The van der Waals surface area contributed by atoms with Crippen molar-refractivity contribution in [3.05, 3.63) is 70.8 Å². The molecule has 3 rings (SSSR count). The van der Waals surface area contributed by atoms with Crippen molar-refractivity contribution in [3.8, 4) is 11.6 Å². The quantitative estimate of drug-likeness (QED) is 0.474. The fraction of sp³-hybridized carbons (Fsp3) is 0.286. The van der Waals surface area contributed by atoms with Crippen LogP contribution in [0.5, 0.6) is 11.6 Å². The van der Waals surface area contributed by atoms with E-state index < -0.39 is 11.7 Å². The van der Waals surface area contributed by atoms with Crippen molar-refractivity contribution in [2.45, 2.75) is 26.4 Å². The van der Waals surface area contributed by atoms with Crippen LogP contribution in [0.15, 0.2) is 48.9 Å². The van der Waals surface area contributed by atoms with E-state index in [9.17, 15) is 13.2 Å². The molecule has 0 N–H and O–H groups in total. The first-order chi connectivity index (χ1) is 14.3. The zero-order valence-corrected chi connectivity index (χ0v) is 17.2. The van der Waals surface area contributed by atoms with Crippen molar-refractivity contribution in [2.24, 2.45) is 0 Å². The molecule has 0 atom stereocenters. The van der Waals surface area contributed by atoms with E-state index in [2.05, 4.69) is 19.9 Å². The van der Waals surface area contributed by atoms with Gasteiger partial charge in [-0.2, -0.15) is 13.2 Å². The molecule has 0 bridgehead atoms. The zero-order valence-electron chi connectivity index (χ0n) is 16.4. The third-order valence-electron chi connectivity index (χ3n) is 4.51. The van der Waals surface area contributed by atoms with E-state index in [-0.39, 0.29) is 5.88 Å². The minimum Gasteiger partial charge on any atom is -0.439 e. The Hall–Kier alpha value is -2.87. The van der Waals surface area contributed by atoms with Crippen LogP contribution < -0.4 is 9.64 Å². The van der Waals surface area contributed by atoms with Crippen LogP contribution in [0.1, 0.15) is 23.7 Å². The minimum atomic E-state index is -4.42. The second-order valence-corrected chi connectivity index (χ2v) is 6.93. The van der Waals surface area contributed by atoms with Crippen LogP contribution in [0, 0.1) is 6.92 Å². The molecule has 1 aromatic carbocycles. The van der Waals surface area contributed by atoms with Gasteiger partial charge in [-0.25, -0.2) is 15.0 Å². The van der Waals surface area contributed by atoms with Crippen molar-refractivity contribution < 1.29 is 17.9 Å². The van der Waals surface area contributed by atoms with Crippen molar-refractivity contribution in [2.75, 3.05) is 18.0 Å². The lowest BCUT2D eigenvalue weighted by Crippen LogP contribution is -2.27. The van der Waals surface area contributed by atoms with E-state index >= 15 is 0 Å². The molecule has 0 radical (unpaired) electrons. The first-order valence-corrected chi connectivity index (χ1v) is 9.68. The Morgan fingerprint density at radius 3 is 2.37 bits per heavy atom. The van der Waals surface area contributed by atoms with Gasteiger partial charge in [-0.1, -0.05) is 23.7 Å². The van der Waals surface area contributed by atoms with Crippen LogP contribution in [0.25, 0.3) is 0 Å². The lowest BCUT2D eigenvalue weighted by molar-refractivity contribution is -0.137. The summed E-state index contributed by atoms with van der Waals surface area (Å²) in [5, 5.41) is 0.548. The maximum Gasteiger partial charge on any atom is 0.417 e. The Morgan fingerprint density at radius 2 is 1.77 bits per heavy atom. The maximum atomic E-state index is 12.6. The predicted octanol–water partition coefficient (Wildman–Crippen LogP) is 5.71. The van der Waals surface area contributed by atoms with Crippen LogP contribution in [0.4, 0.5) is 19.0 Å². The second-order valence-electron chi connectivity index (χ2n) is 6.56. The molecule has 0 saturated carbocycles. The summed E-state index contributed by atoms with van der Waals surface area (Å²) in [7, 11) is 0. The van der Waals surface area contributed by atoms with Gasteiger partial charge in [-0.3, -0.25) is 0 Å². The van der Waals surface area contributed by atoms with Gasteiger partial charge in [0.15, 0.2) is 5.82 Å². The van der Waals surface area contributed by atoms with Gasteiger partial charge >= 0.3 is 6.18 Å². The number of aromatic nitrogens is 3. The summed E-state index contributed by atoms with van der Waals surface area (Å²) in [5.74, 6) is 1.30. The number of benzene rings is 1. The average Bonchev–Trinajstić information content (AvgIpc) is 2.72. The molecule has 0 saturated heterocycles. The van der Waals surface area contributed by atoms with Crippen LogP contribution >= 0.6 is 11.6 Å². The van der Waals surface area contributed by atoms with E-state index in [1.54, 1.807) is 12.1 Å². The number of hydrogen-bond donors (Lipinski definition) is 0. The number of aryl methyl sites for hydroxylation is 1. The van der Waals surface area contributed by atoms with Gasteiger partial charge in [-0.15, -0.1) is 0 Å². The number of ether oxygens (including phenoxy) is 1. The highest BCUT2D eigenvalue weighted by Gasteiger charge is 2.30. The summed E-state index contributed by atoms with van der Waals surface area (Å²) in [5.41, 5.74) is 0.992. The summed E-state index contributed by atoms with van der Waals surface area (Å²) in [6.07, 6.45) is -1.41. The largest absolute Gasteiger partial charge is 0.439 e. The molecule has 5 nitrogen and oxygen atoms in total. The predicted molar refractivity (Wildman–Crippen MR) is 109 cm³/mol. The number of anilines is 1. The molecular formula is C21H20ClF3N4O. The van der Waals surface area contributed by atoms with Crippen molar-refractivity contribution in [1.29, 1.82) is 0 Å². The van der Waals surface area contributed by atoms with Gasteiger partial charge in [0, 0.05) is 25.4 Å². The molecule has 0 unspecified atom stereocenters. The molecule has 0 amide bonds. The van der Waals surface area contributed by atoms with Gasteiger partial charge < -0.3 is 9.64 Å². The molecule has 30 heavy (non-hydrogen) atoms. The molecule has 3 aromatic rings. The second kappa shape index (κ2) is 9.30. The Bertz CT molecular complexity index is 979. The highest BCUT2D eigenvalue weighted by molar-refractivity contribution is 6.33. The molecule has 9 heteroatoms. The number of likely N-dealkylation sites (N-methyl/N-ethyl adjacent to an activating group) is 1. The molecule has 2 aromatic heterocycles. The highest BCUT2D eigenvalue weighted by Crippen LogP contribution is 2.30. The molecule has 158 valence electrons. The van der Waals surface area contributed by atoms with Gasteiger partial charge in [0.1, 0.15) is 17.1 Å². The number of pyridine rings is 1. The maximum absolute atomic E-state index is 12.6. The average molecular weight is 437 g/mol. The van der Waals surface area contributed by atoms with Gasteiger partial charge in [0.05, 0.1) is 11.3 Å². The Labute approximate surface area is 177 Å². The van der Waals surface area contributed by atoms with Gasteiger partial charge in [-0.05, 0) is 44.0 Å². The van der Waals surface area contributed by atoms with Crippen LogP contribution in [-0.2, 0) is 12.6 Å². The van der Waals surface area contributed by atoms with E-state index in [1.165, 1.54) is 12.4 Å². The molecule has 2 heterocycles. The van der Waals surface area contributed by atoms with Crippen LogP contribution in [0.3, 0.4) is 0 Å². The number of alkyl halides is 3. The first-order valence-electron chi connectivity index (χ1n) is 9.30. The van der Waals surface area contributed by atoms with E-state index in [1.807, 2.05) is 26.0 Å². The molecular weight excluding hydrogens is 417 g/mol. The summed E-state index contributed by atoms with van der Waals surface area (Å²) in [6, 6.07) is 9.46. The summed E-state index contributed by atoms with van der Waals surface area (Å²) in [6.45, 7) is 5.33. The lowest BCUT2D eigenvalue weighted by Gasteiger charge is -2.23. The fourth-order valence-electron chi connectivity index (χ4n) is 2.80. The third kappa shape index (κ3) is 5.38. The standard InChI is InChI=1S/C21H20ClF3N4O/c1-3-29(20-19(22)14(2)27-13-28-20)11-10-15-4-7-17(8-5-15)30-18-9-6-16(12-26-18)21(23,24)25/h4-9,12-13H,3,10-11H2,1-2H3. The molecule has 0 spiro atoms. The molecule has 0 aliphatic heterocycles. The number of hydrogen-bond acceptors (Lipinski definition) is 5. The highest BCUT2D eigenvalue weighted by atomic mass is 35.5. The third-order valence-corrected chi connectivity index (χ3v) is 4.95.